The number of nitrogens with zero attached hydrogens (tertiary/aromatic N) is 2. The Balaban J connectivity index is 1.55. The highest BCUT2D eigenvalue weighted by Crippen LogP contribution is 2.28. The van der Waals surface area contributed by atoms with Gasteiger partial charge < -0.3 is 5.32 Å². The number of hydrogen-bond donors (Lipinski definition) is 2. The Bertz CT molecular complexity index is 1150. The average molecular weight is 384 g/mol. The van der Waals surface area contributed by atoms with E-state index in [9.17, 15) is 18.0 Å². The summed E-state index contributed by atoms with van der Waals surface area (Å²) in [6.07, 6.45) is 1.69. The van der Waals surface area contributed by atoms with Crippen LogP contribution in [-0.2, 0) is 14.8 Å². The largest absolute Gasteiger partial charge is 0.322 e. The third kappa shape index (κ3) is 3.06. The highest BCUT2D eigenvalue weighted by molar-refractivity contribution is 7.94. The van der Waals surface area contributed by atoms with E-state index in [0.717, 1.165) is 15.2 Å². The molecule has 1 aliphatic rings. The summed E-state index contributed by atoms with van der Waals surface area (Å²) < 4.78 is 25.1. The van der Waals surface area contributed by atoms with Crippen LogP contribution in [0.25, 0.3) is 10.9 Å². The number of rotatable bonds is 3. The van der Waals surface area contributed by atoms with Crippen molar-refractivity contribution in [2.45, 2.75) is 6.92 Å². The standard InChI is InChI=1S/C18H16N4O4S/c1-11-10-27(25,26)22(18(11)24)15-6-3-12(4-7-15)17(23)20-14-5-2-13-9-19-21-16(13)8-14/h2-9,11H,10H2,1H3,(H,19,21)(H,20,23)/t11-/m0/s1. The molecule has 1 saturated heterocycles. The van der Waals surface area contributed by atoms with Gasteiger partial charge in [0.25, 0.3) is 5.91 Å². The van der Waals surface area contributed by atoms with Crippen molar-refractivity contribution < 1.29 is 18.0 Å². The van der Waals surface area contributed by atoms with Gasteiger partial charge in [0.2, 0.25) is 15.9 Å². The predicted molar refractivity (Wildman–Crippen MR) is 101 cm³/mol. The number of anilines is 2. The second-order valence-electron chi connectivity index (χ2n) is 6.46. The maximum atomic E-state index is 12.4. The van der Waals surface area contributed by atoms with Gasteiger partial charge in [-0.25, -0.2) is 12.7 Å². The number of aromatic nitrogens is 2. The van der Waals surface area contributed by atoms with Crippen molar-refractivity contribution in [2.75, 3.05) is 15.4 Å². The third-order valence-corrected chi connectivity index (χ3v) is 6.29. The van der Waals surface area contributed by atoms with E-state index in [2.05, 4.69) is 15.5 Å². The molecule has 27 heavy (non-hydrogen) atoms. The number of H-pyrrole nitrogens is 1. The molecule has 1 atom stereocenters. The summed E-state index contributed by atoms with van der Waals surface area (Å²) >= 11 is 0. The zero-order valence-electron chi connectivity index (χ0n) is 14.3. The zero-order valence-corrected chi connectivity index (χ0v) is 15.2. The number of benzene rings is 2. The first-order valence-electron chi connectivity index (χ1n) is 8.26. The minimum absolute atomic E-state index is 0.204. The molecule has 0 spiro atoms. The fourth-order valence-electron chi connectivity index (χ4n) is 3.05. The van der Waals surface area contributed by atoms with Crippen LogP contribution in [0.1, 0.15) is 17.3 Å². The van der Waals surface area contributed by atoms with Crippen molar-refractivity contribution in [3.8, 4) is 0 Å². The minimum Gasteiger partial charge on any atom is -0.322 e. The summed E-state index contributed by atoms with van der Waals surface area (Å²) in [5.74, 6) is -1.58. The second kappa shape index (κ2) is 6.20. The number of aromatic amines is 1. The number of nitrogens with one attached hydrogen (secondary N) is 2. The molecule has 2 aromatic carbocycles. The van der Waals surface area contributed by atoms with E-state index in [4.69, 9.17) is 0 Å². The highest BCUT2D eigenvalue weighted by atomic mass is 32.2. The van der Waals surface area contributed by atoms with Crippen LogP contribution in [0.5, 0.6) is 0 Å². The van der Waals surface area contributed by atoms with Crippen molar-refractivity contribution in [1.82, 2.24) is 10.2 Å². The van der Waals surface area contributed by atoms with E-state index in [1.165, 1.54) is 24.3 Å². The van der Waals surface area contributed by atoms with Crippen LogP contribution in [0.2, 0.25) is 0 Å². The molecule has 0 saturated carbocycles. The van der Waals surface area contributed by atoms with Crippen LogP contribution in [-0.4, -0.2) is 36.2 Å². The number of sulfonamides is 1. The first-order valence-corrected chi connectivity index (χ1v) is 9.87. The molecule has 1 aromatic heterocycles. The van der Waals surface area contributed by atoms with E-state index >= 15 is 0 Å². The number of carbonyl (C=O) groups excluding carboxylic acids is 2. The lowest BCUT2D eigenvalue weighted by Gasteiger charge is -2.15. The molecule has 1 fully saturated rings. The fraction of sp³-hybridized carbons (Fsp3) is 0.167. The van der Waals surface area contributed by atoms with Crippen molar-refractivity contribution in [3.05, 3.63) is 54.2 Å². The third-order valence-electron chi connectivity index (χ3n) is 4.42. The molecule has 9 heteroatoms. The average Bonchev–Trinajstić information content (AvgIpc) is 3.16. The van der Waals surface area contributed by atoms with Crippen molar-refractivity contribution in [2.24, 2.45) is 5.92 Å². The molecule has 0 unspecified atom stereocenters. The van der Waals surface area contributed by atoms with Crippen LogP contribution in [0, 0.1) is 5.92 Å². The Morgan fingerprint density at radius 2 is 1.96 bits per heavy atom. The second-order valence-corrected chi connectivity index (χ2v) is 8.32. The molecular formula is C18H16N4O4S. The Labute approximate surface area is 155 Å². The number of hydrogen-bond acceptors (Lipinski definition) is 5. The minimum atomic E-state index is -3.66. The summed E-state index contributed by atoms with van der Waals surface area (Å²) in [5, 5.41) is 10.5. The Kier molecular flexibility index (Phi) is 3.96. The van der Waals surface area contributed by atoms with Gasteiger partial charge in [-0.3, -0.25) is 14.7 Å². The van der Waals surface area contributed by atoms with Crippen molar-refractivity contribution in [3.63, 3.8) is 0 Å². The van der Waals surface area contributed by atoms with Crippen LogP contribution < -0.4 is 9.62 Å². The van der Waals surface area contributed by atoms with Gasteiger partial charge in [-0.1, -0.05) is 6.92 Å². The van der Waals surface area contributed by atoms with E-state index in [1.54, 1.807) is 25.3 Å². The van der Waals surface area contributed by atoms with Crippen LogP contribution in [0.4, 0.5) is 11.4 Å². The molecule has 1 aliphatic heterocycles. The normalized spacial score (nSPS) is 18.8. The summed E-state index contributed by atoms with van der Waals surface area (Å²) in [5.41, 5.74) is 1.99. The molecule has 2 amide bonds. The van der Waals surface area contributed by atoms with Crippen molar-refractivity contribution >= 4 is 44.1 Å². The Morgan fingerprint density at radius 1 is 1.22 bits per heavy atom. The molecule has 4 rings (SSSR count). The van der Waals surface area contributed by atoms with Crippen LogP contribution >= 0.6 is 0 Å². The molecular weight excluding hydrogens is 368 g/mol. The quantitative estimate of drug-likeness (QED) is 0.718. The predicted octanol–water partition coefficient (Wildman–Crippen LogP) is 2.13. The van der Waals surface area contributed by atoms with Gasteiger partial charge in [0, 0.05) is 16.6 Å². The van der Waals surface area contributed by atoms with Crippen molar-refractivity contribution in [1.29, 1.82) is 0 Å². The summed E-state index contributed by atoms with van der Waals surface area (Å²) in [6, 6.07) is 11.3. The zero-order chi connectivity index (χ0) is 19.2. The first-order chi connectivity index (χ1) is 12.8. The van der Waals surface area contributed by atoms with Crippen LogP contribution in [0.3, 0.4) is 0 Å². The smallest absolute Gasteiger partial charge is 0.255 e. The topological polar surface area (TPSA) is 112 Å². The monoisotopic (exact) mass is 384 g/mol. The maximum Gasteiger partial charge on any atom is 0.255 e. The van der Waals surface area contributed by atoms with Gasteiger partial charge in [0.05, 0.1) is 29.1 Å². The SMILES string of the molecule is C[C@H]1CS(=O)(=O)N(c2ccc(C(=O)Nc3ccc4cn[nH]c4c3)cc2)C1=O. The van der Waals surface area contributed by atoms with Gasteiger partial charge in [-0.05, 0) is 42.5 Å². The van der Waals surface area contributed by atoms with Gasteiger partial charge in [-0.2, -0.15) is 5.10 Å². The molecule has 8 nitrogen and oxygen atoms in total. The lowest BCUT2D eigenvalue weighted by molar-refractivity contribution is -0.119. The molecule has 2 heterocycles. The highest BCUT2D eigenvalue weighted by Gasteiger charge is 2.41. The summed E-state index contributed by atoms with van der Waals surface area (Å²) in [7, 11) is -3.66. The number of carbonyl (C=O) groups is 2. The van der Waals surface area contributed by atoms with E-state index in [-0.39, 0.29) is 17.3 Å². The van der Waals surface area contributed by atoms with Gasteiger partial charge in [0.15, 0.2) is 0 Å². The molecule has 0 bridgehead atoms. The maximum absolute atomic E-state index is 12.4. The van der Waals surface area contributed by atoms with E-state index < -0.39 is 21.8 Å². The lowest BCUT2D eigenvalue weighted by atomic mass is 10.1. The Morgan fingerprint density at radius 3 is 2.63 bits per heavy atom. The van der Waals surface area contributed by atoms with Gasteiger partial charge in [0.1, 0.15) is 0 Å². The summed E-state index contributed by atoms with van der Waals surface area (Å²) in [6.45, 7) is 1.58. The molecule has 138 valence electrons. The molecule has 3 aromatic rings. The van der Waals surface area contributed by atoms with E-state index in [0.29, 0.717) is 11.3 Å². The summed E-state index contributed by atoms with van der Waals surface area (Å²) in [4.78, 5) is 24.6. The van der Waals surface area contributed by atoms with Gasteiger partial charge in [-0.15, -0.1) is 0 Å². The Hall–Kier alpha value is -3.20. The number of amides is 2. The lowest BCUT2D eigenvalue weighted by Crippen LogP contribution is -2.30. The van der Waals surface area contributed by atoms with E-state index in [1.807, 2.05) is 6.07 Å². The molecule has 0 radical (unpaired) electrons. The van der Waals surface area contributed by atoms with Crippen LogP contribution in [0.15, 0.2) is 48.7 Å². The number of fused-ring (bicyclic) bond motifs is 1. The molecule has 2 N–H and O–H groups in total. The molecule has 0 aliphatic carbocycles. The van der Waals surface area contributed by atoms with Gasteiger partial charge >= 0.3 is 0 Å². The first kappa shape index (κ1) is 17.2. The fourth-order valence-corrected chi connectivity index (χ4v) is 4.87.